The van der Waals surface area contributed by atoms with Crippen molar-refractivity contribution in [3.8, 4) is 0 Å². The van der Waals surface area contributed by atoms with Crippen LogP contribution in [0.15, 0.2) is 54.6 Å². The molecule has 154 valence electrons. The van der Waals surface area contributed by atoms with E-state index in [9.17, 15) is 43.5 Å². The van der Waals surface area contributed by atoms with Crippen LogP contribution in [-0.4, -0.2) is 14.9 Å². The number of nitro groups is 3. The zero-order chi connectivity index (χ0) is 22.2. The summed E-state index contributed by atoms with van der Waals surface area (Å²) in [7, 11) is 0. The molecular weight excluding hydrogens is 413 g/mol. The topological polar surface area (TPSA) is 133 Å². The number of hydrazine groups is 1. The van der Waals surface area contributed by atoms with Crippen molar-refractivity contribution >= 4 is 33.5 Å². The Morgan fingerprint density at radius 1 is 0.833 bits per heavy atom. The third-order valence-corrected chi connectivity index (χ3v) is 4.16. The molecule has 0 saturated carbocycles. The van der Waals surface area contributed by atoms with E-state index >= 15 is 0 Å². The Morgan fingerprint density at radius 2 is 1.47 bits per heavy atom. The number of non-ortho nitro benzene ring substituents is 1. The van der Waals surface area contributed by atoms with Gasteiger partial charge in [0, 0.05) is 11.5 Å². The molecular formula is C17H9F3N4O6. The fraction of sp³-hybridized carbons (Fsp3) is 0.0588. The van der Waals surface area contributed by atoms with E-state index in [1.807, 2.05) is 0 Å². The molecule has 3 rings (SSSR count). The van der Waals surface area contributed by atoms with Crippen LogP contribution in [0.5, 0.6) is 0 Å². The van der Waals surface area contributed by atoms with Crippen LogP contribution >= 0.6 is 0 Å². The maximum atomic E-state index is 13.7. The standard InChI is InChI=1S/C17H9F3N4O6/c18-17(19,20)13-8-11(22(25)26)9-15(23(27)28)16(13)21(24(29)30)14-7-3-5-10-4-1-2-6-12(10)14/h1-9H. The number of halogens is 3. The van der Waals surface area contributed by atoms with E-state index in [0.29, 0.717) is 5.39 Å². The van der Waals surface area contributed by atoms with Gasteiger partial charge in [-0.25, -0.2) is 10.1 Å². The zero-order valence-corrected chi connectivity index (χ0v) is 14.6. The van der Waals surface area contributed by atoms with Crippen LogP contribution < -0.4 is 5.01 Å². The summed E-state index contributed by atoms with van der Waals surface area (Å²) in [5, 5.41) is 33.5. The molecule has 0 bridgehead atoms. The van der Waals surface area contributed by atoms with Crippen molar-refractivity contribution in [1.29, 1.82) is 0 Å². The third-order valence-electron chi connectivity index (χ3n) is 4.16. The molecule has 0 heterocycles. The highest BCUT2D eigenvalue weighted by Gasteiger charge is 2.45. The van der Waals surface area contributed by atoms with Crippen molar-refractivity contribution < 1.29 is 28.1 Å². The van der Waals surface area contributed by atoms with Gasteiger partial charge in [-0.1, -0.05) is 41.4 Å². The first-order valence-electron chi connectivity index (χ1n) is 7.98. The van der Waals surface area contributed by atoms with Gasteiger partial charge < -0.3 is 0 Å². The molecule has 30 heavy (non-hydrogen) atoms. The molecule has 13 heteroatoms. The zero-order valence-electron chi connectivity index (χ0n) is 14.6. The van der Waals surface area contributed by atoms with E-state index < -0.39 is 43.7 Å². The number of hydrogen-bond donors (Lipinski definition) is 0. The normalized spacial score (nSPS) is 11.3. The first-order valence-corrected chi connectivity index (χ1v) is 7.98. The first kappa shape index (κ1) is 20.4. The van der Waals surface area contributed by atoms with Gasteiger partial charge in [0.2, 0.25) is 5.69 Å². The molecule has 3 aromatic carbocycles. The van der Waals surface area contributed by atoms with Gasteiger partial charge in [0.25, 0.3) is 5.69 Å². The number of nitrogens with zero attached hydrogens (tertiary/aromatic N) is 4. The molecule has 0 spiro atoms. The number of hydrogen-bond acceptors (Lipinski definition) is 6. The van der Waals surface area contributed by atoms with Gasteiger partial charge in [0.05, 0.1) is 21.5 Å². The summed E-state index contributed by atoms with van der Waals surface area (Å²) < 4.78 is 41.1. The number of benzene rings is 3. The Kier molecular flexibility index (Phi) is 4.95. The SMILES string of the molecule is O=[N+]([O-])c1cc([N+](=O)[O-])c(N(c2cccc3ccccc23)[N+](=O)[O-])c(C(F)(F)F)c1. The molecule has 0 atom stereocenters. The predicted octanol–water partition coefficient (Wildman–Crippen LogP) is 5.00. The molecule has 0 aromatic heterocycles. The summed E-state index contributed by atoms with van der Waals surface area (Å²) >= 11 is 0. The third kappa shape index (κ3) is 3.55. The van der Waals surface area contributed by atoms with Crippen molar-refractivity contribution in [3.63, 3.8) is 0 Å². The lowest BCUT2D eigenvalue weighted by atomic mass is 10.1. The summed E-state index contributed by atoms with van der Waals surface area (Å²) in [6.45, 7) is 0. The van der Waals surface area contributed by atoms with E-state index in [4.69, 9.17) is 0 Å². The lowest BCUT2D eigenvalue weighted by Gasteiger charge is -2.20. The Labute approximate surface area is 164 Å². The van der Waals surface area contributed by atoms with Crippen LogP contribution in [0.3, 0.4) is 0 Å². The smallest absolute Gasteiger partial charge is 0.258 e. The van der Waals surface area contributed by atoms with Crippen LogP contribution in [-0.2, 0) is 6.18 Å². The first-order chi connectivity index (χ1) is 14.0. The van der Waals surface area contributed by atoms with Crippen molar-refractivity contribution in [3.05, 3.63) is 90.5 Å². The highest BCUT2D eigenvalue weighted by Crippen LogP contribution is 2.47. The van der Waals surface area contributed by atoms with Gasteiger partial charge in [-0.15, -0.1) is 0 Å². The van der Waals surface area contributed by atoms with Crippen molar-refractivity contribution in [2.24, 2.45) is 0 Å². The van der Waals surface area contributed by atoms with Gasteiger partial charge in [-0.05, 0) is 11.5 Å². The monoisotopic (exact) mass is 422 g/mol. The van der Waals surface area contributed by atoms with E-state index in [-0.39, 0.29) is 28.2 Å². The molecule has 0 fully saturated rings. The summed E-state index contributed by atoms with van der Waals surface area (Å²) in [6.07, 6.45) is -5.36. The predicted molar refractivity (Wildman–Crippen MR) is 97.8 cm³/mol. The fourth-order valence-corrected chi connectivity index (χ4v) is 2.97. The summed E-state index contributed by atoms with van der Waals surface area (Å²) in [4.78, 5) is 31.7. The second kappa shape index (κ2) is 7.27. The minimum Gasteiger partial charge on any atom is -0.258 e. The van der Waals surface area contributed by atoms with E-state index in [1.165, 1.54) is 18.2 Å². The van der Waals surface area contributed by atoms with Crippen molar-refractivity contribution in [2.45, 2.75) is 6.18 Å². The van der Waals surface area contributed by atoms with Gasteiger partial charge in [-0.3, -0.25) is 20.2 Å². The summed E-state index contributed by atoms with van der Waals surface area (Å²) in [5.41, 5.74) is -6.34. The molecule has 0 aliphatic carbocycles. The maximum absolute atomic E-state index is 13.7. The second-order valence-corrected chi connectivity index (χ2v) is 5.92. The van der Waals surface area contributed by atoms with Gasteiger partial charge in [0.1, 0.15) is 5.69 Å². The van der Waals surface area contributed by atoms with Crippen molar-refractivity contribution in [1.82, 2.24) is 0 Å². The molecule has 3 aromatic rings. The minimum atomic E-state index is -5.36. The molecule has 0 unspecified atom stereocenters. The Morgan fingerprint density at radius 3 is 2.03 bits per heavy atom. The maximum Gasteiger partial charge on any atom is 0.419 e. The van der Waals surface area contributed by atoms with Gasteiger partial charge >= 0.3 is 11.9 Å². The van der Waals surface area contributed by atoms with Crippen LogP contribution in [0.4, 0.5) is 35.9 Å². The fourth-order valence-electron chi connectivity index (χ4n) is 2.97. The molecule has 0 N–H and O–H groups in total. The minimum absolute atomic E-state index is 0.0317. The van der Waals surface area contributed by atoms with Crippen LogP contribution in [0.25, 0.3) is 10.8 Å². The Hall–Kier alpha value is -4.29. The molecule has 0 radical (unpaired) electrons. The van der Waals surface area contributed by atoms with Crippen molar-refractivity contribution in [2.75, 3.05) is 5.01 Å². The van der Waals surface area contributed by atoms with E-state index in [0.717, 1.165) is 6.07 Å². The molecule has 0 saturated heterocycles. The molecule has 0 amide bonds. The van der Waals surface area contributed by atoms with E-state index in [1.54, 1.807) is 18.2 Å². The lowest BCUT2D eigenvalue weighted by molar-refractivity contribution is -0.484. The number of nitro benzene ring substituents is 2. The number of alkyl halides is 3. The average Bonchev–Trinajstić information content (AvgIpc) is 2.66. The number of fused-ring (bicyclic) bond motifs is 1. The molecule has 10 nitrogen and oxygen atoms in total. The van der Waals surface area contributed by atoms with Gasteiger partial charge in [0.15, 0.2) is 5.03 Å². The summed E-state index contributed by atoms with van der Waals surface area (Å²) in [6, 6.07) is 10.3. The quantitative estimate of drug-likeness (QED) is 0.417. The van der Waals surface area contributed by atoms with Crippen LogP contribution in [0, 0.1) is 30.3 Å². The largest absolute Gasteiger partial charge is 0.419 e. The average molecular weight is 422 g/mol. The molecule has 0 aliphatic rings. The number of rotatable bonds is 5. The van der Waals surface area contributed by atoms with Crippen LogP contribution in [0.1, 0.15) is 5.56 Å². The second-order valence-electron chi connectivity index (χ2n) is 5.92. The Balaban J connectivity index is 2.47. The Bertz CT molecular complexity index is 1190. The lowest BCUT2D eigenvalue weighted by Crippen LogP contribution is -2.28. The van der Waals surface area contributed by atoms with Crippen LogP contribution in [0.2, 0.25) is 0 Å². The number of anilines is 2. The van der Waals surface area contributed by atoms with E-state index in [2.05, 4.69) is 0 Å². The summed E-state index contributed by atoms with van der Waals surface area (Å²) in [5.74, 6) is 0. The highest BCUT2D eigenvalue weighted by atomic mass is 19.4. The van der Waals surface area contributed by atoms with Gasteiger partial charge in [-0.2, -0.15) is 13.2 Å². The highest BCUT2D eigenvalue weighted by molar-refractivity contribution is 5.96. The molecule has 0 aliphatic heterocycles.